The molecule has 0 aromatic heterocycles. The van der Waals surface area contributed by atoms with Crippen molar-refractivity contribution in [3.05, 3.63) is 64.2 Å². The van der Waals surface area contributed by atoms with Crippen LogP contribution < -0.4 is 5.32 Å². The summed E-state index contributed by atoms with van der Waals surface area (Å²) in [5.74, 6) is -0.843. The van der Waals surface area contributed by atoms with Gasteiger partial charge in [0.25, 0.3) is 0 Å². The number of carbonyl (C=O) groups excluding carboxylic acids is 1. The van der Waals surface area contributed by atoms with Crippen LogP contribution in [0.4, 0.5) is 18.9 Å². The summed E-state index contributed by atoms with van der Waals surface area (Å²) in [6, 6.07) is 9.19. The molecule has 1 aliphatic rings. The first kappa shape index (κ1) is 15.6. The number of anilines is 1. The number of rotatable bonds is 1. The summed E-state index contributed by atoms with van der Waals surface area (Å²) in [6.07, 6.45) is -4.42. The fourth-order valence-corrected chi connectivity index (χ4v) is 3.12. The van der Waals surface area contributed by atoms with Crippen molar-refractivity contribution in [3.8, 4) is 0 Å². The Labute approximate surface area is 132 Å². The molecule has 2 aromatic carbocycles. The average Bonchev–Trinajstić information content (AvgIpc) is 2.50. The maximum absolute atomic E-state index is 13.3. The second-order valence-electron chi connectivity index (χ2n) is 5.86. The Morgan fingerprint density at radius 3 is 2.43 bits per heavy atom. The minimum absolute atomic E-state index is 0.0165. The van der Waals surface area contributed by atoms with E-state index in [1.165, 1.54) is 12.1 Å². The third kappa shape index (κ3) is 2.71. The van der Waals surface area contributed by atoms with E-state index in [9.17, 15) is 18.0 Å². The maximum atomic E-state index is 13.3. The van der Waals surface area contributed by atoms with E-state index in [2.05, 4.69) is 5.32 Å². The van der Waals surface area contributed by atoms with Gasteiger partial charge in [-0.15, -0.1) is 0 Å². The largest absolute Gasteiger partial charge is 0.416 e. The standard InChI is InChI=1S/C18H16F3NO/c1-10-7-8-13-14(9-16(23)22-17(13)11(10)2)12-5-3-4-6-15(12)18(19,20)21/h3-8,14H,9H2,1-2H3,(H,22,23)/t14-/m1/s1. The summed E-state index contributed by atoms with van der Waals surface area (Å²) in [7, 11) is 0. The third-order valence-corrected chi connectivity index (χ3v) is 4.44. The fraction of sp³-hybridized carbons (Fsp3) is 0.278. The Hall–Kier alpha value is -2.30. The van der Waals surface area contributed by atoms with Crippen LogP contribution in [0.5, 0.6) is 0 Å². The molecule has 23 heavy (non-hydrogen) atoms. The van der Waals surface area contributed by atoms with Crippen molar-refractivity contribution in [2.75, 3.05) is 5.32 Å². The molecule has 0 fully saturated rings. The summed E-state index contributed by atoms with van der Waals surface area (Å²) in [5.41, 5.74) is 2.75. The van der Waals surface area contributed by atoms with E-state index in [0.29, 0.717) is 5.69 Å². The van der Waals surface area contributed by atoms with Crippen molar-refractivity contribution in [1.82, 2.24) is 0 Å². The zero-order valence-electron chi connectivity index (χ0n) is 12.8. The number of nitrogens with one attached hydrogen (secondary N) is 1. The number of aryl methyl sites for hydroxylation is 1. The van der Waals surface area contributed by atoms with Gasteiger partial charge < -0.3 is 5.32 Å². The zero-order valence-corrected chi connectivity index (χ0v) is 12.8. The lowest BCUT2D eigenvalue weighted by molar-refractivity contribution is -0.138. The van der Waals surface area contributed by atoms with Gasteiger partial charge in [-0.25, -0.2) is 0 Å². The molecular weight excluding hydrogens is 303 g/mol. The van der Waals surface area contributed by atoms with Crippen LogP contribution in [0.15, 0.2) is 36.4 Å². The van der Waals surface area contributed by atoms with Crippen molar-refractivity contribution in [1.29, 1.82) is 0 Å². The highest BCUT2D eigenvalue weighted by atomic mass is 19.4. The monoisotopic (exact) mass is 319 g/mol. The lowest BCUT2D eigenvalue weighted by Crippen LogP contribution is -2.26. The van der Waals surface area contributed by atoms with E-state index in [1.54, 1.807) is 6.07 Å². The minimum atomic E-state index is -4.44. The quantitative estimate of drug-likeness (QED) is 0.804. The molecule has 0 bridgehead atoms. The van der Waals surface area contributed by atoms with Crippen molar-refractivity contribution in [2.24, 2.45) is 0 Å². The third-order valence-electron chi connectivity index (χ3n) is 4.44. The van der Waals surface area contributed by atoms with E-state index in [1.807, 2.05) is 26.0 Å². The van der Waals surface area contributed by atoms with Crippen LogP contribution in [0, 0.1) is 13.8 Å². The van der Waals surface area contributed by atoms with Gasteiger partial charge in [-0.1, -0.05) is 30.3 Å². The minimum Gasteiger partial charge on any atom is -0.326 e. The predicted molar refractivity (Wildman–Crippen MR) is 82.4 cm³/mol. The molecule has 0 saturated carbocycles. The number of halogens is 3. The Morgan fingerprint density at radius 2 is 1.74 bits per heavy atom. The van der Waals surface area contributed by atoms with Gasteiger partial charge in [0.15, 0.2) is 0 Å². The van der Waals surface area contributed by atoms with E-state index >= 15 is 0 Å². The summed E-state index contributed by atoms with van der Waals surface area (Å²) in [4.78, 5) is 12.0. The summed E-state index contributed by atoms with van der Waals surface area (Å²) < 4.78 is 40.0. The molecule has 1 amide bonds. The van der Waals surface area contributed by atoms with Crippen LogP contribution >= 0.6 is 0 Å². The first-order valence-electron chi connectivity index (χ1n) is 7.35. The number of hydrogen-bond donors (Lipinski definition) is 1. The molecule has 0 saturated heterocycles. The molecule has 0 aliphatic carbocycles. The van der Waals surface area contributed by atoms with Gasteiger partial charge in [0, 0.05) is 18.0 Å². The molecular formula is C18H16F3NO. The molecule has 0 radical (unpaired) electrons. The SMILES string of the molecule is Cc1ccc2c(c1C)NC(=O)C[C@@H]2c1ccccc1C(F)(F)F. The number of amides is 1. The topological polar surface area (TPSA) is 29.1 Å². The molecule has 120 valence electrons. The van der Waals surface area contributed by atoms with Crippen molar-refractivity contribution in [3.63, 3.8) is 0 Å². The van der Waals surface area contributed by atoms with Crippen LogP contribution in [-0.4, -0.2) is 5.91 Å². The lowest BCUT2D eigenvalue weighted by atomic mass is 9.81. The molecule has 1 atom stereocenters. The van der Waals surface area contributed by atoms with Crippen LogP contribution in [0.2, 0.25) is 0 Å². The van der Waals surface area contributed by atoms with Crippen LogP contribution in [-0.2, 0) is 11.0 Å². The Bertz CT molecular complexity index is 780. The first-order chi connectivity index (χ1) is 10.8. The molecule has 1 aliphatic heterocycles. The van der Waals surface area contributed by atoms with Gasteiger partial charge in [0.05, 0.1) is 5.56 Å². The molecule has 0 spiro atoms. The second-order valence-corrected chi connectivity index (χ2v) is 5.86. The number of hydrogen-bond acceptors (Lipinski definition) is 1. The molecule has 5 heteroatoms. The fourth-order valence-electron chi connectivity index (χ4n) is 3.12. The number of fused-ring (bicyclic) bond motifs is 1. The summed E-state index contributed by atoms with van der Waals surface area (Å²) in [6.45, 7) is 3.78. The molecule has 2 aromatic rings. The Morgan fingerprint density at radius 1 is 1.04 bits per heavy atom. The Balaban J connectivity index is 2.21. The predicted octanol–water partition coefficient (Wildman–Crippen LogP) is 4.80. The molecule has 1 heterocycles. The number of alkyl halides is 3. The van der Waals surface area contributed by atoms with E-state index in [0.717, 1.165) is 22.8 Å². The highest BCUT2D eigenvalue weighted by Gasteiger charge is 2.37. The first-order valence-corrected chi connectivity index (χ1v) is 7.35. The zero-order chi connectivity index (χ0) is 16.8. The van der Waals surface area contributed by atoms with E-state index in [4.69, 9.17) is 0 Å². The molecule has 1 N–H and O–H groups in total. The van der Waals surface area contributed by atoms with E-state index < -0.39 is 17.7 Å². The van der Waals surface area contributed by atoms with Gasteiger partial charge in [0.1, 0.15) is 0 Å². The highest BCUT2D eigenvalue weighted by molar-refractivity contribution is 5.96. The maximum Gasteiger partial charge on any atom is 0.416 e. The smallest absolute Gasteiger partial charge is 0.326 e. The molecule has 3 rings (SSSR count). The van der Waals surface area contributed by atoms with Crippen LogP contribution in [0.25, 0.3) is 0 Å². The number of carbonyl (C=O) groups is 1. The summed E-state index contributed by atoms with van der Waals surface area (Å²) >= 11 is 0. The van der Waals surface area contributed by atoms with Crippen molar-refractivity contribution in [2.45, 2.75) is 32.4 Å². The van der Waals surface area contributed by atoms with Gasteiger partial charge in [-0.05, 0) is 42.2 Å². The molecule has 0 unspecified atom stereocenters. The van der Waals surface area contributed by atoms with Gasteiger partial charge in [0.2, 0.25) is 5.91 Å². The van der Waals surface area contributed by atoms with Crippen molar-refractivity contribution >= 4 is 11.6 Å². The van der Waals surface area contributed by atoms with Crippen LogP contribution in [0.1, 0.15) is 40.2 Å². The Kier molecular flexibility index (Phi) is 3.66. The summed E-state index contributed by atoms with van der Waals surface area (Å²) in [5, 5.41) is 2.81. The van der Waals surface area contributed by atoms with Gasteiger partial charge in [-0.2, -0.15) is 13.2 Å². The van der Waals surface area contributed by atoms with Crippen molar-refractivity contribution < 1.29 is 18.0 Å². The second kappa shape index (κ2) is 5.41. The van der Waals surface area contributed by atoms with Crippen LogP contribution in [0.3, 0.4) is 0 Å². The average molecular weight is 319 g/mol. The highest BCUT2D eigenvalue weighted by Crippen LogP contribution is 2.43. The van der Waals surface area contributed by atoms with E-state index in [-0.39, 0.29) is 17.9 Å². The normalized spacial score (nSPS) is 17.6. The number of benzene rings is 2. The lowest BCUT2D eigenvalue weighted by Gasteiger charge is -2.29. The van der Waals surface area contributed by atoms with Gasteiger partial charge >= 0.3 is 6.18 Å². The molecule has 2 nitrogen and oxygen atoms in total. The van der Waals surface area contributed by atoms with Gasteiger partial charge in [-0.3, -0.25) is 4.79 Å².